The molecule has 1 aliphatic rings. The minimum Gasteiger partial charge on any atom is -0.451 e. The number of methoxy groups -OCH3 is 1. The number of aromatic nitrogens is 2. The molecule has 0 aliphatic carbocycles. The number of thioether (sulfide) groups is 1. The van der Waals surface area contributed by atoms with E-state index >= 15 is 0 Å². The Balaban J connectivity index is 2.59. The minimum atomic E-state index is -0.727. The second kappa shape index (κ2) is 6.10. The van der Waals surface area contributed by atoms with E-state index in [4.69, 9.17) is 0 Å². The standard InChI is InChI=1S/C15H21N3O3S/c1-15(2,3)12-10(6-7-11-17(4)8-9-22-11)13(19)18(16-12)14(20)21-5/h6,16H,8-9H2,1-5H3. The second-order valence-corrected chi connectivity index (χ2v) is 7.21. The van der Waals surface area contributed by atoms with Crippen LogP contribution in [0.1, 0.15) is 32.0 Å². The maximum Gasteiger partial charge on any atom is 0.435 e. The van der Waals surface area contributed by atoms with Crippen molar-refractivity contribution in [2.75, 3.05) is 26.5 Å². The Labute approximate surface area is 133 Å². The summed E-state index contributed by atoms with van der Waals surface area (Å²) >= 11 is 1.70. The number of carbonyl (C=O) groups excluding carboxylic acids is 1. The molecule has 7 heteroatoms. The molecule has 6 nitrogen and oxygen atoms in total. The second-order valence-electron chi connectivity index (χ2n) is 6.12. The molecule has 0 radical (unpaired) electrons. The van der Waals surface area contributed by atoms with Crippen LogP contribution in [-0.4, -0.2) is 47.2 Å². The summed E-state index contributed by atoms with van der Waals surface area (Å²) in [5.74, 6) is 1.01. The Morgan fingerprint density at radius 2 is 2.14 bits per heavy atom. The van der Waals surface area contributed by atoms with E-state index < -0.39 is 11.7 Å². The smallest absolute Gasteiger partial charge is 0.435 e. The predicted octanol–water partition coefficient (Wildman–Crippen LogP) is 2.22. The van der Waals surface area contributed by atoms with Crippen LogP contribution in [0, 0.1) is 0 Å². The average Bonchev–Trinajstić information content (AvgIpc) is 2.99. The molecule has 1 saturated heterocycles. The van der Waals surface area contributed by atoms with Crippen molar-refractivity contribution in [2.24, 2.45) is 0 Å². The van der Waals surface area contributed by atoms with Gasteiger partial charge in [-0.1, -0.05) is 38.3 Å². The molecule has 22 heavy (non-hydrogen) atoms. The molecule has 0 unspecified atom stereocenters. The average molecular weight is 323 g/mol. The highest BCUT2D eigenvalue weighted by Gasteiger charge is 2.25. The summed E-state index contributed by atoms with van der Waals surface area (Å²) < 4.78 is 5.53. The van der Waals surface area contributed by atoms with E-state index in [1.165, 1.54) is 7.11 Å². The lowest BCUT2D eigenvalue weighted by atomic mass is 9.89. The normalized spacial score (nSPS) is 15.0. The van der Waals surface area contributed by atoms with Crippen LogP contribution in [-0.2, 0) is 10.2 Å². The molecule has 0 bridgehead atoms. The van der Waals surface area contributed by atoms with Gasteiger partial charge in [-0.25, -0.2) is 4.79 Å². The lowest BCUT2D eigenvalue weighted by Gasteiger charge is -2.17. The van der Waals surface area contributed by atoms with Crippen molar-refractivity contribution in [2.45, 2.75) is 26.2 Å². The van der Waals surface area contributed by atoms with Gasteiger partial charge in [-0.15, -0.1) is 4.68 Å². The molecule has 1 aliphatic heterocycles. The van der Waals surface area contributed by atoms with Crippen molar-refractivity contribution in [3.63, 3.8) is 0 Å². The third-order valence-corrected chi connectivity index (χ3v) is 4.48. The number of ether oxygens (including phenoxy) is 1. The number of H-pyrrole nitrogens is 1. The summed E-state index contributed by atoms with van der Waals surface area (Å²) in [6.07, 6.45) is 0.929. The third-order valence-electron chi connectivity index (χ3n) is 3.39. The zero-order valence-corrected chi connectivity index (χ0v) is 14.3. The highest BCUT2D eigenvalue weighted by molar-refractivity contribution is 8.03. The van der Waals surface area contributed by atoms with Crippen molar-refractivity contribution in [1.29, 1.82) is 0 Å². The van der Waals surface area contributed by atoms with Gasteiger partial charge in [0.05, 0.1) is 18.4 Å². The quantitative estimate of drug-likeness (QED) is 0.803. The maximum absolute atomic E-state index is 12.5. The molecule has 1 N–H and O–H groups in total. The molecule has 1 aromatic rings. The van der Waals surface area contributed by atoms with Gasteiger partial charge in [0, 0.05) is 24.8 Å². The Hall–Kier alpha value is -1.85. The molecular weight excluding hydrogens is 302 g/mol. The summed E-state index contributed by atoms with van der Waals surface area (Å²) in [4.78, 5) is 26.2. The van der Waals surface area contributed by atoms with Crippen molar-refractivity contribution in [1.82, 2.24) is 14.7 Å². The van der Waals surface area contributed by atoms with Gasteiger partial charge in [-0.2, -0.15) is 0 Å². The maximum atomic E-state index is 12.5. The number of aromatic amines is 1. The number of nitrogens with one attached hydrogen (secondary N) is 1. The Bertz CT molecular complexity index is 703. The first kappa shape index (κ1) is 16.5. The van der Waals surface area contributed by atoms with Gasteiger partial charge in [-0.3, -0.25) is 9.89 Å². The molecule has 1 aromatic heterocycles. The van der Waals surface area contributed by atoms with Gasteiger partial charge in [0.15, 0.2) is 0 Å². The van der Waals surface area contributed by atoms with Crippen LogP contribution >= 0.6 is 11.8 Å². The molecule has 1 fully saturated rings. The van der Waals surface area contributed by atoms with Gasteiger partial charge < -0.3 is 9.64 Å². The largest absolute Gasteiger partial charge is 0.451 e. The zero-order chi connectivity index (χ0) is 16.5. The number of hydrogen-bond acceptors (Lipinski definition) is 5. The molecule has 0 atom stereocenters. The molecule has 2 heterocycles. The Kier molecular flexibility index (Phi) is 4.58. The molecule has 120 valence electrons. The molecule has 0 saturated carbocycles. The van der Waals surface area contributed by atoms with E-state index in [1.54, 1.807) is 17.8 Å². The van der Waals surface area contributed by atoms with Gasteiger partial charge in [0.2, 0.25) is 0 Å². The van der Waals surface area contributed by atoms with E-state index in [0.29, 0.717) is 11.3 Å². The third kappa shape index (κ3) is 3.15. The topological polar surface area (TPSA) is 67.3 Å². The summed E-state index contributed by atoms with van der Waals surface area (Å²) in [6, 6.07) is 0. The van der Waals surface area contributed by atoms with Crippen molar-refractivity contribution < 1.29 is 9.53 Å². The molecule has 0 spiro atoms. The molecule has 0 aromatic carbocycles. The highest BCUT2D eigenvalue weighted by atomic mass is 32.2. The first-order valence-corrected chi connectivity index (χ1v) is 7.98. The van der Waals surface area contributed by atoms with E-state index in [0.717, 1.165) is 22.0 Å². The van der Waals surface area contributed by atoms with Crippen LogP contribution < -0.4 is 5.56 Å². The van der Waals surface area contributed by atoms with E-state index in [1.807, 2.05) is 27.8 Å². The summed E-state index contributed by atoms with van der Waals surface area (Å²) in [5, 5.41) is 3.85. The van der Waals surface area contributed by atoms with Crippen LogP contribution in [0.25, 0.3) is 6.08 Å². The summed E-state index contributed by atoms with van der Waals surface area (Å²) in [7, 11) is 3.23. The molecular formula is C15H21N3O3S. The SMILES string of the molecule is COC(=O)n1[nH]c(C(C)(C)C)c(C=C=C2SCCN2C)c1=O. The van der Waals surface area contributed by atoms with Crippen LogP contribution in [0.5, 0.6) is 0 Å². The monoisotopic (exact) mass is 323 g/mol. The van der Waals surface area contributed by atoms with Crippen LogP contribution in [0.2, 0.25) is 0 Å². The van der Waals surface area contributed by atoms with Crippen molar-refractivity contribution in [3.8, 4) is 0 Å². The minimum absolute atomic E-state index is 0.314. The van der Waals surface area contributed by atoms with Crippen LogP contribution in [0.4, 0.5) is 4.79 Å². The number of rotatable bonds is 1. The Morgan fingerprint density at radius 3 is 2.64 bits per heavy atom. The first-order valence-electron chi connectivity index (χ1n) is 7.00. The lowest BCUT2D eigenvalue weighted by Crippen LogP contribution is -2.25. The number of carbonyl (C=O) groups is 1. The number of hydrogen-bond donors (Lipinski definition) is 1. The molecule has 2 rings (SSSR count). The zero-order valence-electron chi connectivity index (χ0n) is 13.5. The van der Waals surface area contributed by atoms with Crippen molar-refractivity contribution in [3.05, 3.63) is 32.4 Å². The summed E-state index contributed by atoms with van der Waals surface area (Å²) in [6.45, 7) is 6.88. The van der Waals surface area contributed by atoms with E-state index in [2.05, 4.69) is 20.5 Å². The Morgan fingerprint density at radius 1 is 1.45 bits per heavy atom. The fourth-order valence-electron chi connectivity index (χ4n) is 2.15. The highest BCUT2D eigenvalue weighted by Crippen LogP contribution is 2.26. The van der Waals surface area contributed by atoms with Crippen LogP contribution in [0.15, 0.2) is 15.6 Å². The fraction of sp³-hybridized carbons (Fsp3) is 0.533. The van der Waals surface area contributed by atoms with Gasteiger partial charge in [0.1, 0.15) is 5.03 Å². The lowest BCUT2D eigenvalue weighted by molar-refractivity contribution is 0.168. The molecule has 0 amide bonds. The fourth-order valence-corrected chi connectivity index (χ4v) is 3.16. The first-order chi connectivity index (χ1) is 10.3. The van der Waals surface area contributed by atoms with Gasteiger partial charge in [-0.05, 0) is 6.08 Å². The van der Waals surface area contributed by atoms with E-state index in [9.17, 15) is 9.59 Å². The predicted molar refractivity (Wildman–Crippen MR) is 88.1 cm³/mol. The van der Waals surface area contributed by atoms with Crippen LogP contribution in [0.3, 0.4) is 0 Å². The van der Waals surface area contributed by atoms with Crippen molar-refractivity contribution >= 4 is 23.9 Å². The van der Waals surface area contributed by atoms with Gasteiger partial charge >= 0.3 is 6.09 Å². The van der Waals surface area contributed by atoms with Gasteiger partial charge in [0.25, 0.3) is 5.56 Å². The van der Waals surface area contributed by atoms with E-state index in [-0.39, 0.29) is 5.41 Å². The number of nitrogens with zero attached hydrogens (tertiary/aromatic N) is 2. The summed E-state index contributed by atoms with van der Waals surface area (Å²) in [5.41, 5.74) is 3.55.